The quantitative estimate of drug-likeness (QED) is 0.340. The van der Waals surface area contributed by atoms with Crippen molar-refractivity contribution in [2.24, 2.45) is 46.3 Å². The summed E-state index contributed by atoms with van der Waals surface area (Å²) in [5.74, 6) is 5.46. The van der Waals surface area contributed by atoms with Crippen LogP contribution in [0.2, 0.25) is 0 Å². The maximum atomic E-state index is 10.2. The van der Waals surface area contributed by atoms with Gasteiger partial charge in [0.15, 0.2) is 0 Å². The molecule has 4 aliphatic rings. The molecule has 176 valence electrons. The molecule has 3 saturated carbocycles. The molecule has 0 aromatic rings. The Morgan fingerprint density at radius 3 is 2.48 bits per heavy atom. The van der Waals surface area contributed by atoms with Gasteiger partial charge in [-0.1, -0.05) is 65.5 Å². The summed E-state index contributed by atoms with van der Waals surface area (Å²) in [6.07, 6.45) is 17.2. The molecule has 0 heterocycles. The molecule has 0 aliphatic heterocycles. The summed E-state index contributed by atoms with van der Waals surface area (Å²) in [5.41, 5.74) is 2.60. The van der Waals surface area contributed by atoms with E-state index in [0.717, 1.165) is 48.3 Å². The van der Waals surface area contributed by atoms with E-state index in [-0.39, 0.29) is 6.10 Å². The molecule has 0 saturated heterocycles. The van der Waals surface area contributed by atoms with Crippen LogP contribution in [0.3, 0.4) is 0 Å². The molecular weight excluding hydrogens is 445 g/mol. The molecule has 4 aliphatic carbocycles. The summed E-state index contributed by atoms with van der Waals surface area (Å²) in [4.78, 5) is 1.69. The second-order valence-electron chi connectivity index (χ2n) is 12.3. The van der Waals surface area contributed by atoms with E-state index in [1.54, 1.807) is 26.6 Å². The molecule has 0 amide bonds. The standard InChI is InChI=1S/C27H46O.CHNSe/c1-18(2)7-6-8-19(3)23-11-12-24-22-10-9-20-17-21(28)13-15-26(20,4)25(22)14-16-27(23,24)5;2-1-3/h9,18-19,21-25,28H,6-8,10-17H2,1-5H3;3H/t19?,21-,22-,23+,24-,25-,26-,27+;/m0./s1. The zero-order valence-corrected chi connectivity index (χ0v) is 22.6. The zero-order chi connectivity index (χ0) is 22.8. The predicted molar refractivity (Wildman–Crippen MR) is 132 cm³/mol. The van der Waals surface area contributed by atoms with Crippen molar-refractivity contribution in [3.8, 4) is 4.97 Å². The first-order valence-corrected chi connectivity index (χ1v) is 14.0. The van der Waals surface area contributed by atoms with Gasteiger partial charge in [-0.3, -0.25) is 0 Å². The van der Waals surface area contributed by atoms with Gasteiger partial charge in [0.1, 0.15) is 0 Å². The van der Waals surface area contributed by atoms with Gasteiger partial charge in [0.05, 0.1) is 6.10 Å². The maximum absolute atomic E-state index is 10.2. The van der Waals surface area contributed by atoms with E-state index in [1.807, 2.05) is 0 Å². The Morgan fingerprint density at radius 1 is 1.10 bits per heavy atom. The molecule has 0 bridgehead atoms. The Morgan fingerprint density at radius 2 is 1.81 bits per heavy atom. The second-order valence-corrected chi connectivity index (χ2v) is 12.7. The molecular formula is C28H47NOSe. The predicted octanol–water partition coefficient (Wildman–Crippen LogP) is 6.76. The number of allylic oxidation sites excluding steroid dienone is 1. The van der Waals surface area contributed by atoms with E-state index in [0.29, 0.717) is 10.8 Å². The average Bonchev–Trinajstić information content (AvgIpc) is 3.06. The molecule has 0 aromatic heterocycles. The number of aliphatic hydroxyl groups is 1. The van der Waals surface area contributed by atoms with Gasteiger partial charge >= 0.3 is 26.2 Å². The normalized spacial score (nSPS) is 42.3. The van der Waals surface area contributed by atoms with Crippen LogP contribution in [0.1, 0.15) is 105 Å². The fourth-order valence-corrected chi connectivity index (χ4v) is 8.67. The number of rotatable bonds is 5. The monoisotopic (exact) mass is 493 g/mol. The number of hydrogen-bond acceptors (Lipinski definition) is 2. The van der Waals surface area contributed by atoms with Crippen LogP contribution in [0.5, 0.6) is 0 Å². The molecule has 4 rings (SSSR count). The number of nitriles is 1. The zero-order valence-electron chi connectivity index (χ0n) is 20.7. The van der Waals surface area contributed by atoms with E-state index in [9.17, 15) is 5.11 Å². The van der Waals surface area contributed by atoms with E-state index in [2.05, 4.69) is 40.7 Å². The molecule has 0 radical (unpaired) electrons. The third-order valence-electron chi connectivity index (χ3n) is 10.3. The number of aliphatic hydroxyl groups excluding tert-OH is 1. The van der Waals surface area contributed by atoms with Crippen LogP contribution < -0.4 is 0 Å². The van der Waals surface area contributed by atoms with Crippen molar-refractivity contribution in [3.05, 3.63) is 11.6 Å². The molecule has 0 spiro atoms. The molecule has 1 unspecified atom stereocenters. The number of fused-ring (bicyclic) bond motifs is 5. The van der Waals surface area contributed by atoms with E-state index in [1.165, 1.54) is 57.8 Å². The van der Waals surface area contributed by atoms with E-state index >= 15 is 0 Å². The first-order valence-electron chi connectivity index (χ1n) is 13.1. The number of nitrogens with zero attached hydrogens (tertiary/aromatic N) is 1. The van der Waals surface area contributed by atoms with Gasteiger partial charge in [-0.25, -0.2) is 0 Å². The summed E-state index contributed by atoms with van der Waals surface area (Å²) in [6, 6.07) is 0. The van der Waals surface area contributed by atoms with Crippen molar-refractivity contribution in [3.63, 3.8) is 0 Å². The van der Waals surface area contributed by atoms with Gasteiger partial charge in [-0.2, -0.15) is 0 Å². The molecule has 31 heavy (non-hydrogen) atoms. The first-order chi connectivity index (χ1) is 14.7. The van der Waals surface area contributed by atoms with E-state index < -0.39 is 0 Å². The Kier molecular flexibility index (Phi) is 8.43. The van der Waals surface area contributed by atoms with Crippen molar-refractivity contribution in [1.29, 1.82) is 5.26 Å². The fraction of sp³-hybridized carbons (Fsp3) is 0.893. The van der Waals surface area contributed by atoms with Crippen LogP contribution in [0, 0.1) is 56.6 Å². The first kappa shape index (κ1) is 25.3. The number of hydrogen-bond donors (Lipinski definition) is 1. The third-order valence-corrected chi connectivity index (χ3v) is 10.3. The van der Waals surface area contributed by atoms with Crippen molar-refractivity contribution in [2.75, 3.05) is 0 Å². The van der Waals surface area contributed by atoms with Gasteiger partial charge in [0, 0.05) is 0 Å². The van der Waals surface area contributed by atoms with Crippen LogP contribution in [0.4, 0.5) is 0 Å². The Labute approximate surface area is 200 Å². The van der Waals surface area contributed by atoms with Crippen molar-refractivity contribution < 1.29 is 5.11 Å². The van der Waals surface area contributed by atoms with E-state index in [4.69, 9.17) is 5.26 Å². The van der Waals surface area contributed by atoms with Crippen LogP contribution in [-0.4, -0.2) is 27.2 Å². The van der Waals surface area contributed by atoms with Gasteiger partial charge in [0.2, 0.25) is 0 Å². The van der Waals surface area contributed by atoms with Crippen LogP contribution in [0.15, 0.2) is 11.6 Å². The van der Waals surface area contributed by atoms with Gasteiger partial charge in [-0.15, -0.1) is 0 Å². The molecule has 8 atom stereocenters. The van der Waals surface area contributed by atoms with Gasteiger partial charge in [-0.05, 0) is 97.7 Å². The molecule has 2 nitrogen and oxygen atoms in total. The third kappa shape index (κ3) is 4.98. The Balaban J connectivity index is 0.000000858. The van der Waals surface area contributed by atoms with Crippen molar-refractivity contribution >= 4 is 16.0 Å². The summed E-state index contributed by atoms with van der Waals surface area (Å²) >= 11 is 1.77. The van der Waals surface area contributed by atoms with Crippen molar-refractivity contribution in [2.45, 2.75) is 111 Å². The van der Waals surface area contributed by atoms with Gasteiger partial charge in [0.25, 0.3) is 0 Å². The summed E-state index contributed by atoms with van der Waals surface area (Å²) in [5, 5.41) is 17.5. The van der Waals surface area contributed by atoms with Crippen LogP contribution in [0.25, 0.3) is 0 Å². The second kappa shape index (κ2) is 10.3. The SMILES string of the molecule is CC(C)CCCC(C)[C@H]1CC[C@H]2[C@@H]3CC=C4C[C@@H](O)CC[C@]4(C)[C@H]3CC[C@]12C.N#C[SeH]. The molecule has 3 heteroatoms. The minimum absolute atomic E-state index is 0.0766. The summed E-state index contributed by atoms with van der Waals surface area (Å²) in [6.45, 7) is 12.6. The Bertz CT molecular complexity index is 681. The fourth-order valence-electron chi connectivity index (χ4n) is 8.67. The van der Waals surface area contributed by atoms with Crippen LogP contribution in [-0.2, 0) is 0 Å². The molecule has 1 N–H and O–H groups in total. The van der Waals surface area contributed by atoms with Crippen LogP contribution >= 0.6 is 0 Å². The Hall–Kier alpha value is -0.291. The van der Waals surface area contributed by atoms with Crippen molar-refractivity contribution in [1.82, 2.24) is 0 Å². The average molecular weight is 493 g/mol. The summed E-state index contributed by atoms with van der Waals surface area (Å²) < 4.78 is 0. The summed E-state index contributed by atoms with van der Waals surface area (Å²) in [7, 11) is 0. The van der Waals surface area contributed by atoms with Gasteiger partial charge < -0.3 is 5.11 Å². The molecule has 0 aromatic carbocycles. The topological polar surface area (TPSA) is 44.0 Å². The molecule has 3 fully saturated rings. The minimum atomic E-state index is -0.0766.